The molecular weight excluding hydrogens is 208 g/mol. The first-order valence-corrected chi connectivity index (χ1v) is 5.04. The van der Waals surface area contributed by atoms with Gasteiger partial charge in [0.15, 0.2) is 0 Å². The van der Waals surface area contributed by atoms with Crippen LogP contribution < -0.4 is 11.1 Å². The molecule has 88 valence electrons. The van der Waals surface area contributed by atoms with Gasteiger partial charge in [-0.25, -0.2) is 4.79 Å². The fourth-order valence-corrected chi connectivity index (χ4v) is 1.37. The summed E-state index contributed by atoms with van der Waals surface area (Å²) in [6.07, 6.45) is 2.55. The van der Waals surface area contributed by atoms with Gasteiger partial charge in [-0.2, -0.15) is 0 Å². The van der Waals surface area contributed by atoms with Gasteiger partial charge in [-0.3, -0.25) is 9.97 Å². The zero-order valence-corrected chi connectivity index (χ0v) is 9.43. The molecule has 0 bridgehead atoms. The Morgan fingerprint density at radius 3 is 2.88 bits per heavy atom. The molecule has 0 saturated heterocycles. The number of nitrogens with one attached hydrogen (secondary N) is 1. The maximum absolute atomic E-state index is 10.3. The monoisotopic (exact) mass is 224 g/mol. The summed E-state index contributed by atoms with van der Waals surface area (Å²) in [5, 5.41) is 3.16. The van der Waals surface area contributed by atoms with Crippen LogP contribution in [0.4, 0.5) is 4.79 Å². The normalized spacial score (nSPS) is 12.1. The van der Waals surface area contributed by atoms with Crippen molar-refractivity contribution in [3.05, 3.63) is 23.8 Å². The third-order valence-electron chi connectivity index (χ3n) is 2.13. The zero-order valence-electron chi connectivity index (χ0n) is 9.43. The van der Waals surface area contributed by atoms with E-state index < -0.39 is 6.09 Å². The van der Waals surface area contributed by atoms with Gasteiger partial charge < -0.3 is 15.8 Å². The second-order valence-electron chi connectivity index (χ2n) is 3.37. The van der Waals surface area contributed by atoms with Crippen molar-refractivity contribution in [3.8, 4) is 0 Å². The van der Waals surface area contributed by atoms with Crippen LogP contribution in [0.25, 0.3) is 0 Å². The van der Waals surface area contributed by atoms with Crippen molar-refractivity contribution < 1.29 is 9.53 Å². The van der Waals surface area contributed by atoms with Crippen molar-refractivity contribution in [1.29, 1.82) is 0 Å². The van der Waals surface area contributed by atoms with E-state index in [2.05, 4.69) is 20.0 Å². The van der Waals surface area contributed by atoms with E-state index in [-0.39, 0.29) is 12.6 Å². The predicted octanol–water partition coefficient (Wildman–Crippen LogP) is 0.531. The van der Waals surface area contributed by atoms with E-state index in [9.17, 15) is 4.79 Å². The van der Waals surface area contributed by atoms with Crippen LogP contribution in [0.1, 0.15) is 24.4 Å². The van der Waals surface area contributed by atoms with Crippen LogP contribution >= 0.6 is 0 Å². The van der Waals surface area contributed by atoms with Crippen LogP contribution in [0.15, 0.2) is 12.4 Å². The molecule has 0 aromatic carbocycles. The first-order chi connectivity index (χ1) is 7.61. The lowest BCUT2D eigenvalue weighted by atomic mass is 10.2. The second kappa shape index (κ2) is 6.02. The number of carbonyl (C=O) groups is 1. The molecule has 0 spiro atoms. The second-order valence-corrected chi connectivity index (χ2v) is 3.37. The zero-order chi connectivity index (χ0) is 12.0. The summed E-state index contributed by atoms with van der Waals surface area (Å²) in [5.74, 6) is 0. The smallest absolute Gasteiger partial charge is 0.404 e. The van der Waals surface area contributed by atoms with Crippen LogP contribution in [-0.2, 0) is 4.74 Å². The number of hydrogen-bond acceptors (Lipinski definition) is 5. The number of primary amides is 1. The van der Waals surface area contributed by atoms with Gasteiger partial charge >= 0.3 is 6.09 Å². The highest BCUT2D eigenvalue weighted by Crippen LogP contribution is 2.10. The van der Waals surface area contributed by atoms with Gasteiger partial charge in [0, 0.05) is 25.0 Å². The van der Waals surface area contributed by atoms with Crippen LogP contribution in [-0.4, -0.2) is 29.2 Å². The number of nitrogens with zero attached hydrogens (tertiary/aromatic N) is 2. The lowest BCUT2D eigenvalue weighted by Gasteiger charge is -2.14. The fraction of sp³-hybridized carbons (Fsp3) is 0.500. The third-order valence-corrected chi connectivity index (χ3v) is 2.13. The number of aromatic nitrogens is 2. The van der Waals surface area contributed by atoms with Crippen molar-refractivity contribution >= 4 is 6.09 Å². The minimum absolute atomic E-state index is 0.0603. The largest absolute Gasteiger partial charge is 0.448 e. The molecule has 1 heterocycles. The number of ether oxygens (including phenoxy) is 1. The molecule has 1 amide bonds. The molecule has 0 aliphatic carbocycles. The highest BCUT2D eigenvalue weighted by molar-refractivity contribution is 5.64. The van der Waals surface area contributed by atoms with Gasteiger partial charge in [0.2, 0.25) is 0 Å². The Morgan fingerprint density at radius 2 is 2.25 bits per heavy atom. The average Bonchev–Trinajstić information content (AvgIpc) is 2.24. The van der Waals surface area contributed by atoms with E-state index in [4.69, 9.17) is 5.73 Å². The molecule has 1 aromatic heterocycles. The highest BCUT2D eigenvalue weighted by Gasteiger charge is 2.09. The summed E-state index contributed by atoms with van der Waals surface area (Å²) in [6.45, 7) is 4.65. The molecule has 0 aliphatic heterocycles. The van der Waals surface area contributed by atoms with Gasteiger partial charge in [-0.05, 0) is 13.8 Å². The van der Waals surface area contributed by atoms with Crippen molar-refractivity contribution in [2.45, 2.75) is 19.9 Å². The van der Waals surface area contributed by atoms with Gasteiger partial charge in [0.1, 0.15) is 6.61 Å². The molecule has 0 saturated carbocycles. The predicted molar refractivity (Wildman–Crippen MR) is 58.7 cm³/mol. The quantitative estimate of drug-likeness (QED) is 0.712. The van der Waals surface area contributed by atoms with Gasteiger partial charge in [-0.1, -0.05) is 0 Å². The van der Waals surface area contributed by atoms with Crippen molar-refractivity contribution in [1.82, 2.24) is 15.3 Å². The number of rotatable bonds is 5. The molecule has 16 heavy (non-hydrogen) atoms. The lowest BCUT2D eigenvalue weighted by Crippen LogP contribution is -2.27. The van der Waals surface area contributed by atoms with Crippen molar-refractivity contribution in [2.24, 2.45) is 5.73 Å². The molecule has 1 rings (SSSR count). The Hall–Kier alpha value is -1.69. The topological polar surface area (TPSA) is 90.1 Å². The van der Waals surface area contributed by atoms with Gasteiger partial charge in [0.25, 0.3) is 0 Å². The number of amides is 1. The van der Waals surface area contributed by atoms with E-state index in [0.717, 1.165) is 11.4 Å². The molecule has 1 unspecified atom stereocenters. The Morgan fingerprint density at radius 1 is 1.56 bits per heavy atom. The summed E-state index contributed by atoms with van der Waals surface area (Å²) >= 11 is 0. The number of aryl methyl sites for hydroxylation is 1. The molecule has 1 aromatic rings. The first-order valence-electron chi connectivity index (χ1n) is 5.04. The molecule has 6 heteroatoms. The third kappa shape index (κ3) is 3.82. The minimum atomic E-state index is -0.759. The Bertz CT molecular complexity index is 356. The Balaban J connectivity index is 2.38. The molecule has 6 nitrogen and oxygen atoms in total. The molecule has 1 atom stereocenters. The molecule has 3 N–H and O–H groups in total. The van der Waals surface area contributed by atoms with E-state index >= 15 is 0 Å². The maximum Gasteiger partial charge on any atom is 0.404 e. The van der Waals surface area contributed by atoms with E-state index in [1.165, 1.54) is 0 Å². The van der Waals surface area contributed by atoms with Gasteiger partial charge in [-0.15, -0.1) is 0 Å². The summed E-state index contributed by atoms with van der Waals surface area (Å²) in [7, 11) is 0. The number of nitrogens with two attached hydrogens (primary N) is 1. The Labute approximate surface area is 94.2 Å². The van der Waals surface area contributed by atoms with Crippen LogP contribution in [0.5, 0.6) is 0 Å². The summed E-state index contributed by atoms with van der Waals surface area (Å²) < 4.78 is 4.60. The minimum Gasteiger partial charge on any atom is -0.448 e. The summed E-state index contributed by atoms with van der Waals surface area (Å²) in [5.41, 5.74) is 6.61. The van der Waals surface area contributed by atoms with Crippen molar-refractivity contribution in [2.75, 3.05) is 13.2 Å². The molecule has 0 fully saturated rings. The van der Waals surface area contributed by atoms with E-state index in [0.29, 0.717) is 6.54 Å². The average molecular weight is 224 g/mol. The lowest BCUT2D eigenvalue weighted by molar-refractivity contribution is 0.156. The standard InChI is InChI=1S/C10H16N4O2/c1-7-9(14-4-3-12-7)8(2)13-5-6-16-10(11)15/h3-4,8,13H,5-6H2,1-2H3,(H2,11,15). The fourth-order valence-electron chi connectivity index (χ4n) is 1.37. The van der Waals surface area contributed by atoms with Crippen LogP contribution in [0.3, 0.4) is 0 Å². The summed E-state index contributed by atoms with van der Waals surface area (Å²) in [6, 6.07) is 0.0603. The molecule has 0 aliphatic rings. The molecule has 0 radical (unpaired) electrons. The number of hydrogen-bond donors (Lipinski definition) is 2. The molecular formula is C10H16N4O2. The van der Waals surface area contributed by atoms with Crippen LogP contribution in [0, 0.1) is 6.92 Å². The highest BCUT2D eigenvalue weighted by atomic mass is 16.5. The van der Waals surface area contributed by atoms with Gasteiger partial charge in [0.05, 0.1) is 11.4 Å². The van der Waals surface area contributed by atoms with E-state index in [1.807, 2.05) is 13.8 Å². The maximum atomic E-state index is 10.3. The van der Waals surface area contributed by atoms with Crippen LogP contribution in [0.2, 0.25) is 0 Å². The van der Waals surface area contributed by atoms with E-state index in [1.54, 1.807) is 12.4 Å². The summed E-state index contributed by atoms with van der Waals surface area (Å²) in [4.78, 5) is 18.7. The van der Waals surface area contributed by atoms with Crippen molar-refractivity contribution in [3.63, 3.8) is 0 Å². The SMILES string of the molecule is Cc1nccnc1C(C)NCCOC(N)=O. The first kappa shape index (κ1) is 12.4. The Kier molecular flexibility index (Phi) is 4.65. The number of carbonyl (C=O) groups excluding carboxylic acids is 1.